The molecule has 0 aliphatic heterocycles. The van der Waals surface area contributed by atoms with Crippen LogP contribution in [-0.2, 0) is 6.54 Å². The Hall–Kier alpha value is -2.28. The van der Waals surface area contributed by atoms with Gasteiger partial charge in [0.2, 0.25) is 0 Å². The molecule has 0 aliphatic rings. The second-order valence-electron chi connectivity index (χ2n) is 4.34. The highest BCUT2D eigenvalue weighted by Crippen LogP contribution is 2.06. The number of nitrogens with zero attached hydrogens (tertiary/aromatic N) is 5. The largest absolute Gasteiger partial charge is 0.318 e. The number of nitrogens with one attached hydrogen (secondary N) is 1. The van der Waals surface area contributed by atoms with Gasteiger partial charge < -0.3 is 10.2 Å². The minimum Gasteiger partial charge on any atom is -0.318 e. The van der Waals surface area contributed by atoms with Gasteiger partial charge in [0.05, 0.1) is 24.6 Å². The lowest BCUT2D eigenvalue weighted by molar-refractivity contribution is 0.102. The molecule has 7 nitrogen and oxygen atoms in total. The second-order valence-corrected chi connectivity index (χ2v) is 4.34. The first kappa shape index (κ1) is 13.2. The summed E-state index contributed by atoms with van der Waals surface area (Å²) in [6.45, 7) is 1.66. The zero-order chi connectivity index (χ0) is 13.7. The Balaban J connectivity index is 1.95. The summed E-state index contributed by atoms with van der Waals surface area (Å²) in [5.74, 6) is -0.291. The Morgan fingerprint density at radius 1 is 1.37 bits per heavy atom. The first-order valence-electron chi connectivity index (χ1n) is 5.89. The number of anilines is 1. The molecular weight excluding hydrogens is 244 g/mol. The molecule has 100 valence electrons. The molecular formula is C12H16N6O. The van der Waals surface area contributed by atoms with Gasteiger partial charge in [-0.2, -0.15) is 5.10 Å². The maximum atomic E-state index is 11.8. The molecule has 0 bridgehead atoms. The van der Waals surface area contributed by atoms with Crippen molar-refractivity contribution in [2.24, 2.45) is 0 Å². The molecule has 19 heavy (non-hydrogen) atoms. The third-order valence-corrected chi connectivity index (χ3v) is 2.46. The summed E-state index contributed by atoms with van der Waals surface area (Å²) in [5.41, 5.74) is 0.929. The Bertz CT molecular complexity index is 536. The molecule has 2 heterocycles. The summed E-state index contributed by atoms with van der Waals surface area (Å²) in [4.78, 5) is 21.7. The highest BCUT2D eigenvalue weighted by Gasteiger charge is 2.08. The fraction of sp³-hybridized carbons (Fsp3) is 0.333. The SMILES string of the molecule is CN(C)CCn1cc(NC(=O)c2cnccn2)cn1. The summed E-state index contributed by atoms with van der Waals surface area (Å²) in [5, 5.41) is 6.90. The van der Waals surface area contributed by atoms with Crippen LogP contribution in [0.25, 0.3) is 0 Å². The fourth-order valence-electron chi connectivity index (χ4n) is 1.46. The Morgan fingerprint density at radius 3 is 2.89 bits per heavy atom. The first-order chi connectivity index (χ1) is 9.15. The van der Waals surface area contributed by atoms with E-state index in [2.05, 4.69) is 25.3 Å². The summed E-state index contributed by atoms with van der Waals surface area (Å²) < 4.78 is 1.78. The van der Waals surface area contributed by atoms with E-state index in [1.54, 1.807) is 17.1 Å². The van der Waals surface area contributed by atoms with E-state index in [9.17, 15) is 4.79 Å². The Morgan fingerprint density at radius 2 is 2.21 bits per heavy atom. The predicted molar refractivity (Wildman–Crippen MR) is 70.8 cm³/mol. The lowest BCUT2D eigenvalue weighted by Gasteiger charge is -2.08. The number of carbonyl (C=O) groups is 1. The number of rotatable bonds is 5. The second kappa shape index (κ2) is 6.05. The topological polar surface area (TPSA) is 75.9 Å². The Kier molecular flexibility index (Phi) is 4.19. The average Bonchev–Trinajstić information content (AvgIpc) is 2.85. The number of hydrogen-bond donors (Lipinski definition) is 1. The minimum atomic E-state index is -0.291. The molecule has 0 aliphatic carbocycles. The van der Waals surface area contributed by atoms with Crippen LogP contribution in [0.2, 0.25) is 0 Å². The number of carbonyl (C=O) groups excluding carboxylic acids is 1. The van der Waals surface area contributed by atoms with Crippen LogP contribution in [0.4, 0.5) is 5.69 Å². The number of hydrogen-bond acceptors (Lipinski definition) is 5. The smallest absolute Gasteiger partial charge is 0.275 e. The zero-order valence-corrected chi connectivity index (χ0v) is 10.9. The minimum absolute atomic E-state index is 0.281. The molecule has 0 saturated carbocycles. The van der Waals surface area contributed by atoms with Gasteiger partial charge in [0.25, 0.3) is 5.91 Å². The summed E-state index contributed by atoms with van der Waals surface area (Å²) in [7, 11) is 4.00. The summed E-state index contributed by atoms with van der Waals surface area (Å²) in [6.07, 6.45) is 7.83. The van der Waals surface area contributed by atoms with E-state index >= 15 is 0 Å². The molecule has 0 unspecified atom stereocenters. The molecule has 0 radical (unpaired) electrons. The maximum Gasteiger partial charge on any atom is 0.275 e. The van der Waals surface area contributed by atoms with E-state index in [1.807, 2.05) is 14.1 Å². The average molecular weight is 260 g/mol. The van der Waals surface area contributed by atoms with Gasteiger partial charge in [-0.05, 0) is 14.1 Å². The van der Waals surface area contributed by atoms with E-state index in [-0.39, 0.29) is 11.6 Å². The molecule has 0 spiro atoms. The van der Waals surface area contributed by atoms with Gasteiger partial charge in [-0.3, -0.25) is 14.5 Å². The van der Waals surface area contributed by atoms with Crippen LogP contribution in [0.5, 0.6) is 0 Å². The van der Waals surface area contributed by atoms with Crippen molar-refractivity contribution < 1.29 is 4.79 Å². The zero-order valence-electron chi connectivity index (χ0n) is 10.9. The standard InChI is InChI=1S/C12H16N6O/c1-17(2)5-6-18-9-10(7-15-18)16-12(19)11-8-13-3-4-14-11/h3-4,7-9H,5-6H2,1-2H3,(H,16,19). The van der Waals surface area contributed by atoms with E-state index in [0.717, 1.165) is 13.1 Å². The van der Waals surface area contributed by atoms with Crippen LogP contribution >= 0.6 is 0 Å². The molecule has 0 aromatic carbocycles. The normalized spacial score (nSPS) is 10.7. The molecule has 7 heteroatoms. The summed E-state index contributed by atoms with van der Waals surface area (Å²) in [6, 6.07) is 0. The lowest BCUT2D eigenvalue weighted by Crippen LogP contribution is -2.18. The number of aromatic nitrogens is 4. The van der Waals surface area contributed by atoms with Crippen LogP contribution in [0.15, 0.2) is 31.0 Å². The third kappa shape index (κ3) is 3.85. The molecule has 1 N–H and O–H groups in total. The van der Waals surface area contributed by atoms with Crippen molar-refractivity contribution in [3.63, 3.8) is 0 Å². The van der Waals surface area contributed by atoms with Crippen molar-refractivity contribution in [2.45, 2.75) is 6.54 Å². The van der Waals surface area contributed by atoms with Gasteiger partial charge in [0.1, 0.15) is 5.69 Å². The van der Waals surface area contributed by atoms with E-state index in [1.165, 1.54) is 18.6 Å². The highest BCUT2D eigenvalue weighted by molar-refractivity contribution is 6.02. The molecule has 0 fully saturated rings. The van der Waals surface area contributed by atoms with Crippen molar-refractivity contribution in [1.82, 2.24) is 24.6 Å². The van der Waals surface area contributed by atoms with Crippen molar-refractivity contribution in [3.05, 3.63) is 36.7 Å². The van der Waals surface area contributed by atoms with Gasteiger partial charge in [-0.15, -0.1) is 0 Å². The highest BCUT2D eigenvalue weighted by atomic mass is 16.1. The summed E-state index contributed by atoms with van der Waals surface area (Å²) >= 11 is 0. The van der Waals surface area contributed by atoms with Crippen molar-refractivity contribution in [1.29, 1.82) is 0 Å². The Labute approximate surface area is 111 Å². The number of likely N-dealkylation sites (N-methyl/N-ethyl adjacent to an activating group) is 1. The van der Waals surface area contributed by atoms with Gasteiger partial charge in [-0.1, -0.05) is 0 Å². The molecule has 0 atom stereocenters. The van der Waals surface area contributed by atoms with Gasteiger partial charge in [-0.25, -0.2) is 4.98 Å². The van der Waals surface area contributed by atoms with Crippen molar-refractivity contribution in [3.8, 4) is 0 Å². The predicted octanol–water partition coefficient (Wildman–Crippen LogP) is 0.487. The van der Waals surface area contributed by atoms with Crippen LogP contribution < -0.4 is 5.32 Å². The number of amides is 1. The van der Waals surface area contributed by atoms with Crippen molar-refractivity contribution >= 4 is 11.6 Å². The molecule has 1 amide bonds. The van der Waals surface area contributed by atoms with E-state index in [0.29, 0.717) is 5.69 Å². The molecule has 2 aromatic rings. The van der Waals surface area contributed by atoms with Crippen LogP contribution in [0.3, 0.4) is 0 Å². The quantitative estimate of drug-likeness (QED) is 0.846. The molecule has 0 saturated heterocycles. The van der Waals surface area contributed by atoms with Crippen molar-refractivity contribution in [2.75, 3.05) is 26.0 Å². The van der Waals surface area contributed by atoms with E-state index < -0.39 is 0 Å². The molecule has 2 rings (SSSR count). The maximum absolute atomic E-state index is 11.8. The molecule has 2 aromatic heterocycles. The van der Waals surface area contributed by atoms with Crippen LogP contribution in [-0.4, -0.2) is 51.2 Å². The van der Waals surface area contributed by atoms with Gasteiger partial charge in [0.15, 0.2) is 0 Å². The van der Waals surface area contributed by atoms with E-state index in [4.69, 9.17) is 0 Å². The monoisotopic (exact) mass is 260 g/mol. The fourth-order valence-corrected chi connectivity index (χ4v) is 1.46. The van der Waals surface area contributed by atoms with Gasteiger partial charge in [0, 0.05) is 25.1 Å². The first-order valence-corrected chi connectivity index (χ1v) is 5.89. The van der Waals surface area contributed by atoms with Crippen LogP contribution in [0.1, 0.15) is 10.5 Å². The van der Waals surface area contributed by atoms with Crippen LogP contribution in [0, 0.1) is 0 Å². The third-order valence-electron chi connectivity index (χ3n) is 2.46. The van der Waals surface area contributed by atoms with Gasteiger partial charge >= 0.3 is 0 Å². The lowest BCUT2D eigenvalue weighted by atomic mass is 10.4.